The number of aryl methyl sites for hydroxylation is 2. The molecule has 8 aromatic rings. The van der Waals surface area contributed by atoms with Gasteiger partial charge in [-0.25, -0.2) is 0 Å². The highest BCUT2D eigenvalue weighted by Crippen LogP contribution is 2.53. The van der Waals surface area contributed by atoms with Crippen molar-refractivity contribution >= 4 is 72.9 Å². The third kappa shape index (κ3) is 4.75. The van der Waals surface area contributed by atoms with Crippen molar-refractivity contribution in [3.63, 3.8) is 0 Å². The predicted molar refractivity (Wildman–Crippen MR) is 249 cm³/mol. The summed E-state index contributed by atoms with van der Waals surface area (Å²) in [7, 11) is 0. The number of anilines is 2. The molecule has 4 heteroatoms. The third-order valence-electron chi connectivity index (χ3n) is 14.5. The molecule has 2 aromatic heterocycles. The Morgan fingerprint density at radius 1 is 0.621 bits per heavy atom. The van der Waals surface area contributed by atoms with Crippen molar-refractivity contribution in [3.05, 3.63) is 124 Å². The van der Waals surface area contributed by atoms with E-state index >= 15 is 0 Å². The molecule has 0 fully saturated rings. The zero-order valence-corrected chi connectivity index (χ0v) is 36.5. The molecule has 0 N–H and O–H groups in total. The maximum absolute atomic E-state index is 7.00. The highest BCUT2D eigenvalue weighted by Gasteiger charge is 2.47. The summed E-state index contributed by atoms with van der Waals surface area (Å²) in [6.45, 7) is 28.5. The molecule has 0 amide bonds. The molecular weight excluding hydrogens is 703 g/mol. The molecule has 0 unspecified atom stereocenters. The van der Waals surface area contributed by atoms with Gasteiger partial charge in [0.2, 0.25) is 0 Å². The Bertz CT molecular complexity index is 3120. The van der Waals surface area contributed by atoms with Crippen molar-refractivity contribution in [2.75, 3.05) is 4.81 Å². The summed E-state index contributed by atoms with van der Waals surface area (Å²) in [5.74, 6) is 0. The number of para-hydroxylation sites is 1. The van der Waals surface area contributed by atoms with E-state index in [1.54, 1.807) is 0 Å². The standard InChI is InChI=1S/C54H55BN2O/c1-30-23-38-47-43(20-18-35-34-15-13-14-16-46(34)58-50(35)47)57(44-29-40-39(25-31(44)2)53(9,10)21-22-54(40,11)12)55-41-28-33(52(6,7)8)27-37-36-26-32(51(3,4)5)17-19-42(36)56(49(37)41)45(24-30)48(38)55/h13-20,23-29H,21-22H2,1-12H3. The lowest BCUT2D eigenvalue weighted by Crippen LogP contribution is -2.61. The van der Waals surface area contributed by atoms with E-state index in [-0.39, 0.29) is 28.5 Å². The van der Waals surface area contributed by atoms with Crippen LogP contribution in [0.5, 0.6) is 0 Å². The van der Waals surface area contributed by atoms with Crippen LogP contribution in [-0.2, 0) is 21.7 Å². The van der Waals surface area contributed by atoms with Crippen LogP contribution < -0.4 is 15.7 Å². The zero-order valence-electron chi connectivity index (χ0n) is 36.5. The molecule has 0 bridgehead atoms. The lowest BCUT2D eigenvalue weighted by molar-refractivity contribution is 0.332. The molecular formula is C54H55BN2O. The number of hydrogen-bond acceptors (Lipinski definition) is 2. The molecule has 0 spiro atoms. The first kappa shape index (κ1) is 35.9. The number of aromatic nitrogens is 1. The van der Waals surface area contributed by atoms with Crippen LogP contribution in [-0.4, -0.2) is 11.4 Å². The molecule has 6 aromatic carbocycles. The highest BCUT2D eigenvalue weighted by molar-refractivity contribution is 6.93. The third-order valence-corrected chi connectivity index (χ3v) is 14.5. The van der Waals surface area contributed by atoms with Crippen LogP contribution in [0, 0.1) is 13.8 Å². The number of benzene rings is 6. The Morgan fingerprint density at radius 2 is 1.31 bits per heavy atom. The van der Waals surface area contributed by atoms with E-state index in [9.17, 15) is 0 Å². The first-order chi connectivity index (χ1) is 27.3. The van der Waals surface area contributed by atoms with Gasteiger partial charge in [-0.15, -0.1) is 0 Å². The van der Waals surface area contributed by atoms with Crippen LogP contribution >= 0.6 is 0 Å². The topological polar surface area (TPSA) is 21.3 Å². The molecule has 1 aliphatic carbocycles. The van der Waals surface area contributed by atoms with Gasteiger partial charge in [-0.3, -0.25) is 0 Å². The monoisotopic (exact) mass is 758 g/mol. The summed E-state index contributed by atoms with van der Waals surface area (Å²) in [6, 6.07) is 35.6. The first-order valence-electron chi connectivity index (χ1n) is 21.5. The summed E-state index contributed by atoms with van der Waals surface area (Å²) < 4.78 is 9.62. The molecule has 0 radical (unpaired) electrons. The van der Waals surface area contributed by atoms with Crippen LogP contribution in [0.3, 0.4) is 0 Å². The Kier molecular flexibility index (Phi) is 6.99. The Hall–Kier alpha value is -5.22. The molecule has 4 heterocycles. The van der Waals surface area contributed by atoms with Crippen molar-refractivity contribution in [2.24, 2.45) is 0 Å². The van der Waals surface area contributed by atoms with Crippen LogP contribution in [0.2, 0.25) is 0 Å². The van der Waals surface area contributed by atoms with E-state index in [1.807, 2.05) is 0 Å². The average Bonchev–Trinajstić information content (AvgIpc) is 3.70. The maximum Gasteiger partial charge on any atom is 0.333 e. The van der Waals surface area contributed by atoms with Gasteiger partial charge >= 0.3 is 6.85 Å². The van der Waals surface area contributed by atoms with Crippen molar-refractivity contribution in [1.82, 2.24) is 4.57 Å². The second kappa shape index (κ2) is 11.3. The summed E-state index contributed by atoms with van der Waals surface area (Å²) in [6.07, 6.45) is 2.37. The zero-order chi connectivity index (χ0) is 40.6. The molecule has 3 nitrogen and oxygen atoms in total. The minimum atomic E-state index is -0.0555. The van der Waals surface area contributed by atoms with Gasteiger partial charge in [0.1, 0.15) is 11.2 Å². The lowest BCUT2D eigenvalue weighted by atomic mass is 9.43. The Balaban J connectivity index is 1.34. The van der Waals surface area contributed by atoms with Crippen LogP contribution in [0.25, 0.3) is 60.6 Å². The molecule has 3 aliphatic rings. The van der Waals surface area contributed by atoms with E-state index < -0.39 is 0 Å². The van der Waals surface area contributed by atoms with Crippen molar-refractivity contribution in [2.45, 2.75) is 118 Å². The Morgan fingerprint density at radius 3 is 2.03 bits per heavy atom. The average molecular weight is 759 g/mol. The minimum Gasteiger partial charge on any atom is -0.455 e. The number of hydrogen-bond donors (Lipinski definition) is 0. The van der Waals surface area contributed by atoms with Crippen molar-refractivity contribution in [3.8, 4) is 16.8 Å². The molecule has 2 aliphatic heterocycles. The molecule has 58 heavy (non-hydrogen) atoms. The van der Waals surface area contributed by atoms with Gasteiger partial charge in [-0.2, -0.15) is 0 Å². The van der Waals surface area contributed by atoms with E-state index in [1.165, 1.54) is 113 Å². The molecule has 0 saturated carbocycles. The van der Waals surface area contributed by atoms with Gasteiger partial charge in [-0.1, -0.05) is 112 Å². The van der Waals surface area contributed by atoms with E-state index in [0.717, 1.165) is 16.6 Å². The van der Waals surface area contributed by atoms with Crippen LogP contribution in [0.1, 0.15) is 115 Å². The summed E-state index contributed by atoms with van der Waals surface area (Å²) in [5.41, 5.74) is 22.0. The number of furan rings is 1. The minimum absolute atomic E-state index is 0.0308. The number of rotatable bonds is 1. The second-order valence-corrected chi connectivity index (χ2v) is 21.4. The van der Waals surface area contributed by atoms with Gasteiger partial charge in [0.05, 0.1) is 11.0 Å². The fourth-order valence-corrected chi connectivity index (χ4v) is 11.0. The van der Waals surface area contributed by atoms with Crippen molar-refractivity contribution in [1.29, 1.82) is 0 Å². The van der Waals surface area contributed by atoms with Gasteiger partial charge in [0.25, 0.3) is 0 Å². The fourth-order valence-electron chi connectivity index (χ4n) is 11.0. The summed E-state index contributed by atoms with van der Waals surface area (Å²) in [4.78, 5) is 2.74. The highest BCUT2D eigenvalue weighted by atomic mass is 16.3. The molecule has 290 valence electrons. The lowest BCUT2D eigenvalue weighted by Gasteiger charge is -2.46. The largest absolute Gasteiger partial charge is 0.455 e. The molecule has 11 rings (SSSR count). The SMILES string of the molecule is Cc1cc2c3c(c1)-n1c4ccc(C(C)(C)C)cc4c4cc(C(C)(C)C)cc(c41)B3N(c1cc3c(cc1C)C(C)(C)CCC3(C)C)c1ccc3c(oc4ccccc43)c1-2. The molecule has 0 atom stereocenters. The van der Waals surface area contributed by atoms with Crippen molar-refractivity contribution < 1.29 is 4.42 Å². The fraction of sp³-hybridized carbons (Fsp3) is 0.333. The number of fused-ring (bicyclic) bond motifs is 12. The van der Waals surface area contributed by atoms with Gasteiger partial charge in [0, 0.05) is 44.2 Å². The van der Waals surface area contributed by atoms with E-state index in [2.05, 4.69) is 183 Å². The summed E-state index contributed by atoms with van der Waals surface area (Å²) in [5, 5.41) is 5.02. The predicted octanol–water partition coefficient (Wildman–Crippen LogP) is 13.5. The quantitative estimate of drug-likeness (QED) is 0.156. The first-order valence-corrected chi connectivity index (χ1v) is 21.5. The van der Waals surface area contributed by atoms with Crippen LogP contribution in [0.15, 0.2) is 95.4 Å². The van der Waals surface area contributed by atoms with E-state index in [0.29, 0.717) is 0 Å². The van der Waals surface area contributed by atoms with Gasteiger partial charge in [0.15, 0.2) is 0 Å². The summed E-state index contributed by atoms with van der Waals surface area (Å²) >= 11 is 0. The van der Waals surface area contributed by atoms with Gasteiger partial charge in [-0.05, 0) is 147 Å². The second-order valence-electron chi connectivity index (χ2n) is 21.4. The van der Waals surface area contributed by atoms with E-state index in [4.69, 9.17) is 4.42 Å². The number of nitrogens with zero attached hydrogens (tertiary/aromatic N) is 2. The Labute approximate surface area is 344 Å². The maximum atomic E-state index is 7.00. The molecule has 0 saturated heterocycles. The normalized spacial score (nSPS) is 16.7. The van der Waals surface area contributed by atoms with Crippen LogP contribution in [0.4, 0.5) is 11.4 Å². The van der Waals surface area contributed by atoms with Gasteiger partial charge < -0.3 is 13.8 Å². The smallest absolute Gasteiger partial charge is 0.333 e.